The van der Waals surface area contributed by atoms with Gasteiger partial charge in [-0.05, 0) is 55.0 Å². The lowest BCUT2D eigenvalue weighted by molar-refractivity contribution is -0.137. The molecule has 7 heteroatoms. The number of hydrogen-bond donors (Lipinski definition) is 2. The van der Waals surface area contributed by atoms with Crippen LogP contribution >= 0.6 is 0 Å². The average Bonchev–Trinajstić information content (AvgIpc) is 2.73. The van der Waals surface area contributed by atoms with E-state index in [0.29, 0.717) is 28.0 Å². The van der Waals surface area contributed by atoms with Gasteiger partial charge >= 0.3 is 6.18 Å². The van der Waals surface area contributed by atoms with Crippen LogP contribution in [0.15, 0.2) is 79.0 Å². The highest BCUT2D eigenvalue weighted by Gasteiger charge is 2.30. The molecule has 1 aromatic heterocycles. The summed E-state index contributed by atoms with van der Waals surface area (Å²) in [5.41, 5.74) is 2.62. The number of carbonyl (C=O) groups excluding carboxylic acids is 1. The number of carbonyl (C=O) groups is 1. The predicted molar refractivity (Wildman–Crippen MR) is 116 cm³/mol. The van der Waals surface area contributed by atoms with Crippen LogP contribution in [0.4, 0.5) is 30.2 Å². The predicted octanol–water partition coefficient (Wildman–Crippen LogP) is 6.56. The van der Waals surface area contributed by atoms with Gasteiger partial charge in [-0.15, -0.1) is 0 Å². The maximum atomic E-state index is 13.0. The second kappa shape index (κ2) is 8.10. The van der Waals surface area contributed by atoms with Crippen molar-refractivity contribution in [3.63, 3.8) is 0 Å². The molecule has 4 rings (SSSR count). The number of aromatic nitrogens is 1. The summed E-state index contributed by atoms with van der Waals surface area (Å²) in [6, 6.07) is 19.5. The Labute approximate surface area is 176 Å². The molecular formula is C24H18F3N3O. The molecule has 0 saturated carbocycles. The number of nitrogens with one attached hydrogen (secondary N) is 2. The summed E-state index contributed by atoms with van der Waals surface area (Å²) >= 11 is 0. The topological polar surface area (TPSA) is 54.0 Å². The standard InChI is InChI=1S/C24H18F3N3O/c1-15-5-4-6-17(13-15)29-23(31)19-7-2-3-8-20(19)30-21-11-12-28-22-14-16(24(25,26)27)9-10-18(21)22/h2-14H,1H3,(H,28,30)(H,29,31). The van der Waals surface area contributed by atoms with E-state index in [0.717, 1.165) is 17.7 Å². The summed E-state index contributed by atoms with van der Waals surface area (Å²) in [7, 11) is 0. The van der Waals surface area contributed by atoms with Crippen molar-refractivity contribution in [3.05, 3.63) is 95.7 Å². The van der Waals surface area contributed by atoms with Crippen LogP contribution in [0.5, 0.6) is 0 Å². The highest BCUT2D eigenvalue weighted by Crippen LogP contribution is 2.33. The second-order valence-electron chi connectivity index (χ2n) is 7.08. The molecule has 0 saturated heterocycles. The van der Waals surface area contributed by atoms with Crippen LogP contribution < -0.4 is 10.6 Å². The van der Waals surface area contributed by atoms with Gasteiger partial charge in [0.15, 0.2) is 0 Å². The Morgan fingerprint density at radius 3 is 2.48 bits per heavy atom. The molecular weight excluding hydrogens is 403 g/mol. The lowest BCUT2D eigenvalue weighted by Gasteiger charge is -2.15. The van der Waals surface area contributed by atoms with Crippen molar-refractivity contribution in [2.45, 2.75) is 13.1 Å². The molecule has 0 bridgehead atoms. The lowest BCUT2D eigenvalue weighted by atomic mass is 10.1. The van der Waals surface area contributed by atoms with Crippen LogP contribution in [0, 0.1) is 6.92 Å². The molecule has 0 fully saturated rings. The largest absolute Gasteiger partial charge is 0.416 e. The number of anilines is 3. The van der Waals surface area contributed by atoms with Crippen LogP contribution in [0.3, 0.4) is 0 Å². The molecule has 4 aromatic rings. The van der Waals surface area contributed by atoms with Gasteiger partial charge in [-0.25, -0.2) is 0 Å². The fourth-order valence-electron chi connectivity index (χ4n) is 3.29. The van der Waals surface area contributed by atoms with Crippen molar-refractivity contribution < 1.29 is 18.0 Å². The molecule has 0 aliphatic heterocycles. The third kappa shape index (κ3) is 4.50. The minimum Gasteiger partial charge on any atom is -0.354 e. The maximum Gasteiger partial charge on any atom is 0.416 e. The zero-order valence-electron chi connectivity index (χ0n) is 16.5. The normalized spacial score (nSPS) is 11.4. The summed E-state index contributed by atoms with van der Waals surface area (Å²) in [5.74, 6) is -0.300. The van der Waals surface area contributed by atoms with Crippen molar-refractivity contribution >= 4 is 33.9 Å². The second-order valence-corrected chi connectivity index (χ2v) is 7.08. The van der Waals surface area contributed by atoms with Gasteiger partial charge in [-0.3, -0.25) is 9.78 Å². The van der Waals surface area contributed by atoms with E-state index in [1.807, 2.05) is 25.1 Å². The Balaban J connectivity index is 1.66. The fourth-order valence-corrected chi connectivity index (χ4v) is 3.29. The number of fused-ring (bicyclic) bond motifs is 1. The van der Waals surface area contributed by atoms with Crippen LogP contribution in [0.25, 0.3) is 10.9 Å². The lowest BCUT2D eigenvalue weighted by Crippen LogP contribution is -2.14. The molecule has 0 aliphatic carbocycles. The van der Waals surface area contributed by atoms with Crippen LogP contribution in [0.2, 0.25) is 0 Å². The minimum absolute atomic E-state index is 0.210. The molecule has 2 N–H and O–H groups in total. The molecule has 0 atom stereocenters. The summed E-state index contributed by atoms with van der Waals surface area (Å²) in [5, 5.41) is 6.56. The smallest absolute Gasteiger partial charge is 0.354 e. The van der Waals surface area contributed by atoms with E-state index in [1.165, 1.54) is 12.3 Å². The Bertz CT molecular complexity index is 1270. The van der Waals surface area contributed by atoms with Gasteiger partial charge in [0.1, 0.15) is 0 Å². The van der Waals surface area contributed by atoms with E-state index in [9.17, 15) is 18.0 Å². The summed E-state index contributed by atoms with van der Waals surface area (Å²) in [6.45, 7) is 1.93. The molecule has 3 aromatic carbocycles. The average molecular weight is 421 g/mol. The first-order valence-electron chi connectivity index (χ1n) is 9.51. The number of benzene rings is 3. The number of amides is 1. The molecule has 1 heterocycles. The van der Waals surface area contributed by atoms with Crippen LogP contribution in [-0.4, -0.2) is 10.9 Å². The van der Waals surface area contributed by atoms with Crippen LogP contribution in [0.1, 0.15) is 21.5 Å². The van der Waals surface area contributed by atoms with E-state index in [1.54, 1.807) is 36.4 Å². The zero-order chi connectivity index (χ0) is 22.0. The van der Waals surface area contributed by atoms with E-state index >= 15 is 0 Å². The molecule has 0 spiro atoms. The van der Waals surface area contributed by atoms with Gasteiger partial charge in [-0.2, -0.15) is 13.2 Å². The molecule has 156 valence electrons. The number of aryl methyl sites for hydroxylation is 1. The summed E-state index contributed by atoms with van der Waals surface area (Å²) in [6.07, 6.45) is -3.01. The van der Waals surface area contributed by atoms with Crippen molar-refractivity contribution in [2.75, 3.05) is 10.6 Å². The third-order valence-electron chi connectivity index (χ3n) is 4.79. The maximum absolute atomic E-state index is 13.0. The number of rotatable bonds is 4. The van der Waals surface area contributed by atoms with Gasteiger partial charge in [-0.1, -0.05) is 30.3 Å². The Hall–Kier alpha value is -3.87. The monoisotopic (exact) mass is 421 g/mol. The number of pyridine rings is 1. The van der Waals surface area contributed by atoms with Crippen molar-refractivity contribution in [3.8, 4) is 0 Å². The first-order chi connectivity index (χ1) is 14.8. The fraction of sp³-hybridized carbons (Fsp3) is 0.0833. The first kappa shape index (κ1) is 20.4. The number of nitrogens with zero attached hydrogens (tertiary/aromatic N) is 1. The van der Waals surface area contributed by atoms with Gasteiger partial charge in [0.25, 0.3) is 5.91 Å². The molecule has 1 amide bonds. The van der Waals surface area contributed by atoms with Crippen molar-refractivity contribution in [1.29, 1.82) is 0 Å². The quantitative estimate of drug-likeness (QED) is 0.392. The van der Waals surface area contributed by atoms with Gasteiger partial charge < -0.3 is 10.6 Å². The number of hydrogen-bond acceptors (Lipinski definition) is 3. The van der Waals surface area contributed by atoms with Crippen molar-refractivity contribution in [2.24, 2.45) is 0 Å². The summed E-state index contributed by atoms with van der Waals surface area (Å²) in [4.78, 5) is 16.9. The SMILES string of the molecule is Cc1cccc(NC(=O)c2ccccc2Nc2ccnc3cc(C(F)(F)F)ccc23)c1. The molecule has 0 unspecified atom stereocenters. The van der Waals surface area contributed by atoms with Crippen molar-refractivity contribution in [1.82, 2.24) is 4.98 Å². The highest BCUT2D eigenvalue weighted by atomic mass is 19.4. The first-order valence-corrected chi connectivity index (χ1v) is 9.51. The number of para-hydroxylation sites is 1. The van der Waals surface area contributed by atoms with E-state index in [4.69, 9.17) is 0 Å². The minimum atomic E-state index is -4.44. The Kier molecular flexibility index (Phi) is 5.33. The van der Waals surface area contributed by atoms with Gasteiger partial charge in [0.2, 0.25) is 0 Å². The van der Waals surface area contributed by atoms with Gasteiger partial charge in [0, 0.05) is 23.0 Å². The molecule has 31 heavy (non-hydrogen) atoms. The van der Waals surface area contributed by atoms with E-state index in [2.05, 4.69) is 15.6 Å². The number of alkyl halides is 3. The van der Waals surface area contributed by atoms with Crippen LogP contribution in [-0.2, 0) is 6.18 Å². The number of halogens is 3. The third-order valence-corrected chi connectivity index (χ3v) is 4.79. The van der Waals surface area contributed by atoms with Gasteiger partial charge in [0.05, 0.1) is 22.3 Å². The van der Waals surface area contributed by atoms with E-state index in [-0.39, 0.29) is 11.4 Å². The highest BCUT2D eigenvalue weighted by molar-refractivity contribution is 6.09. The Morgan fingerprint density at radius 2 is 1.71 bits per heavy atom. The zero-order valence-corrected chi connectivity index (χ0v) is 16.5. The Morgan fingerprint density at radius 1 is 0.903 bits per heavy atom. The van der Waals surface area contributed by atoms with E-state index < -0.39 is 11.7 Å². The molecule has 4 nitrogen and oxygen atoms in total. The summed E-state index contributed by atoms with van der Waals surface area (Å²) < 4.78 is 39.1. The molecule has 0 aliphatic rings. The molecule has 0 radical (unpaired) electrons.